The van der Waals surface area contributed by atoms with Gasteiger partial charge in [-0.15, -0.1) is 0 Å². The molecule has 1 atom stereocenters. The summed E-state index contributed by atoms with van der Waals surface area (Å²) in [6.45, 7) is 5.12. The second-order valence-corrected chi connectivity index (χ2v) is 6.58. The summed E-state index contributed by atoms with van der Waals surface area (Å²) in [5.41, 5.74) is 1.64. The van der Waals surface area contributed by atoms with Crippen LogP contribution in [0.2, 0.25) is 0 Å². The smallest absolute Gasteiger partial charge is 0.301 e. The molecule has 0 radical (unpaired) electrons. The van der Waals surface area contributed by atoms with Gasteiger partial charge in [-0.1, -0.05) is 19.1 Å². The molecule has 0 aliphatic rings. The molecule has 0 aliphatic carbocycles. The van der Waals surface area contributed by atoms with Crippen LogP contribution in [0.1, 0.15) is 31.9 Å². The van der Waals surface area contributed by atoms with Crippen LogP contribution in [0.4, 0.5) is 5.69 Å². The highest BCUT2D eigenvalue weighted by molar-refractivity contribution is 7.90. The van der Waals surface area contributed by atoms with Gasteiger partial charge in [0.2, 0.25) is 0 Å². The van der Waals surface area contributed by atoms with E-state index in [0.29, 0.717) is 5.69 Å². The summed E-state index contributed by atoms with van der Waals surface area (Å²) in [6.07, 6.45) is 1.07. The average molecular weight is 285 g/mol. The predicted octanol–water partition coefficient (Wildman–Crippen LogP) is 1.97. The highest BCUT2D eigenvalue weighted by Crippen LogP contribution is 2.18. The van der Waals surface area contributed by atoms with Crippen molar-refractivity contribution in [2.45, 2.75) is 26.3 Å². The molecule has 1 rings (SSSR count). The first-order valence-corrected chi connectivity index (χ1v) is 7.84. The van der Waals surface area contributed by atoms with Crippen LogP contribution >= 0.6 is 0 Å². The van der Waals surface area contributed by atoms with Gasteiger partial charge in [-0.25, -0.2) is 0 Å². The van der Waals surface area contributed by atoms with E-state index in [9.17, 15) is 8.42 Å². The van der Waals surface area contributed by atoms with E-state index >= 15 is 0 Å². The minimum absolute atomic E-state index is 0.198. The first kappa shape index (κ1) is 15.9. The van der Waals surface area contributed by atoms with Crippen LogP contribution in [0.3, 0.4) is 0 Å². The van der Waals surface area contributed by atoms with Crippen molar-refractivity contribution in [3.63, 3.8) is 0 Å². The molecule has 1 unspecified atom stereocenters. The lowest BCUT2D eigenvalue weighted by molar-refractivity contribution is 0.526. The molecule has 0 aliphatic heterocycles. The van der Waals surface area contributed by atoms with Crippen molar-refractivity contribution in [2.75, 3.05) is 25.4 Å². The molecule has 0 saturated carbocycles. The van der Waals surface area contributed by atoms with E-state index in [-0.39, 0.29) is 6.04 Å². The van der Waals surface area contributed by atoms with E-state index in [4.69, 9.17) is 0 Å². The van der Waals surface area contributed by atoms with Crippen LogP contribution in [0.25, 0.3) is 0 Å². The van der Waals surface area contributed by atoms with Gasteiger partial charge < -0.3 is 5.32 Å². The maximum absolute atomic E-state index is 11.8. The number of nitrogens with zero attached hydrogens (tertiary/aromatic N) is 1. The van der Waals surface area contributed by atoms with Gasteiger partial charge in [0.25, 0.3) is 0 Å². The second kappa shape index (κ2) is 6.88. The molecule has 1 aromatic carbocycles. The standard InChI is InChI=1S/C13H23N3O2S/c1-5-9-14-11(2)12-7-6-8-13(10-12)15-19(17,18)16(3)4/h6-8,10-11,14-15H,5,9H2,1-4H3. The zero-order valence-electron chi connectivity index (χ0n) is 12.0. The minimum Gasteiger partial charge on any atom is -0.310 e. The predicted molar refractivity (Wildman–Crippen MR) is 79.4 cm³/mol. The Morgan fingerprint density at radius 2 is 2.00 bits per heavy atom. The lowest BCUT2D eigenvalue weighted by atomic mass is 10.1. The summed E-state index contributed by atoms with van der Waals surface area (Å²) in [5.74, 6) is 0. The number of rotatable bonds is 7. The fourth-order valence-corrected chi connectivity index (χ4v) is 2.20. The van der Waals surface area contributed by atoms with Crippen LogP contribution in [0.5, 0.6) is 0 Å². The first-order valence-electron chi connectivity index (χ1n) is 6.40. The molecule has 0 aromatic heterocycles. The molecule has 5 nitrogen and oxygen atoms in total. The van der Waals surface area contributed by atoms with Gasteiger partial charge in [0.05, 0.1) is 5.69 Å². The Bertz CT molecular complexity index is 500. The molecule has 19 heavy (non-hydrogen) atoms. The van der Waals surface area contributed by atoms with E-state index in [0.717, 1.165) is 22.8 Å². The van der Waals surface area contributed by atoms with Gasteiger partial charge in [0.1, 0.15) is 0 Å². The Balaban J connectivity index is 2.83. The third-order valence-corrected chi connectivity index (χ3v) is 4.27. The van der Waals surface area contributed by atoms with Crippen molar-refractivity contribution < 1.29 is 8.42 Å². The van der Waals surface area contributed by atoms with Gasteiger partial charge in [0.15, 0.2) is 0 Å². The minimum atomic E-state index is -3.45. The van der Waals surface area contributed by atoms with E-state index in [1.165, 1.54) is 14.1 Å². The molecule has 0 saturated heterocycles. The number of benzene rings is 1. The lowest BCUT2D eigenvalue weighted by Crippen LogP contribution is -2.29. The molecule has 0 heterocycles. The van der Waals surface area contributed by atoms with Crippen molar-refractivity contribution in [2.24, 2.45) is 0 Å². The quantitative estimate of drug-likeness (QED) is 0.805. The van der Waals surface area contributed by atoms with Crippen LogP contribution in [-0.2, 0) is 10.2 Å². The van der Waals surface area contributed by atoms with Crippen LogP contribution in [0, 0.1) is 0 Å². The molecule has 0 bridgehead atoms. The number of hydrogen-bond acceptors (Lipinski definition) is 3. The Morgan fingerprint density at radius 1 is 1.32 bits per heavy atom. The van der Waals surface area contributed by atoms with E-state index in [1.807, 2.05) is 18.2 Å². The third-order valence-electron chi connectivity index (χ3n) is 2.81. The van der Waals surface area contributed by atoms with Gasteiger partial charge in [-0.2, -0.15) is 12.7 Å². The topological polar surface area (TPSA) is 61.4 Å². The SMILES string of the molecule is CCCNC(C)c1cccc(NS(=O)(=O)N(C)C)c1. The van der Waals surface area contributed by atoms with E-state index in [1.54, 1.807) is 6.07 Å². The zero-order valence-corrected chi connectivity index (χ0v) is 12.8. The summed E-state index contributed by atoms with van der Waals surface area (Å²) in [5, 5.41) is 3.37. The molecule has 108 valence electrons. The third kappa shape index (κ3) is 4.81. The van der Waals surface area contributed by atoms with Crippen molar-refractivity contribution in [3.05, 3.63) is 29.8 Å². The maximum Gasteiger partial charge on any atom is 0.301 e. The average Bonchev–Trinajstić information content (AvgIpc) is 2.35. The lowest BCUT2D eigenvalue weighted by Gasteiger charge is -2.17. The van der Waals surface area contributed by atoms with Gasteiger partial charge >= 0.3 is 10.2 Å². The molecular formula is C13H23N3O2S. The highest BCUT2D eigenvalue weighted by atomic mass is 32.2. The fourth-order valence-electron chi connectivity index (χ4n) is 1.59. The summed E-state index contributed by atoms with van der Waals surface area (Å²) < 4.78 is 27.2. The monoisotopic (exact) mass is 285 g/mol. The molecule has 0 fully saturated rings. The van der Waals surface area contributed by atoms with Crippen molar-refractivity contribution in [1.29, 1.82) is 0 Å². The van der Waals surface area contributed by atoms with Crippen LogP contribution < -0.4 is 10.0 Å². The summed E-state index contributed by atoms with van der Waals surface area (Å²) in [6, 6.07) is 7.64. The largest absolute Gasteiger partial charge is 0.310 e. The Kier molecular flexibility index (Phi) is 5.78. The zero-order chi connectivity index (χ0) is 14.5. The van der Waals surface area contributed by atoms with Crippen LogP contribution in [0.15, 0.2) is 24.3 Å². The Hall–Kier alpha value is -1.11. The second-order valence-electron chi connectivity index (χ2n) is 4.69. The molecule has 0 amide bonds. The fraction of sp³-hybridized carbons (Fsp3) is 0.538. The molecule has 1 aromatic rings. The van der Waals surface area contributed by atoms with E-state index < -0.39 is 10.2 Å². The van der Waals surface area contributed by atoms with Gasteiger partial charge in [-0.3, -0.25) is 4.72 Å². The normalized spacial score (nSPS) is 13.5. The first-order chi connectivity index (χ1) is 8.86. The molecule has 0 spiro atoms. The number of hydrogen-bond donors (Lipinski definition) is 2. The maximum atomic E-state index is 11.8. The van der Waals surface area contributed by atoms with E-state index in [2.05, 4.69) is 23.9 Å². The highest BCUT2D eigenvalue weighted by Gasteiger charge is 2.13. The number of anilines is 1. The Labute approximate surface area is 116 Å². The van der Waals surface area contributed by atoms with Crippen molar-refractivity contribution >= 4 is 15.9 Å². The van der Waals surface area contributed by atoms with Crippen molar-refractivity contribution in [1.82, 2.24) is 9.62 Å². The van der Waals surface area contributed by atoms with Crippen LogP contribution in [-0.4, -0.2) is 33.4 Å². The summed E-state index contributed by atoms with van der Waals surface area (Å²) in [7, 11) is -0.452. The molecular weight excluding hydrogens is 262 g/mol. The summed E-state index contributed by atoms with van der Waals surface area (Å²) in [4.78, 5) is 0. The molecule has 2 N–H and O–H groups in total. The number of nitrogens with one attached hydrogen (secondary N) is 2. The molecule has 6 heteroatoms. The summed E-state index contributed by atoms with van der Waals surface area (Å²) >= 11 is 0. The van der Waals surface area contributed by atoms with Gasteiger partial charge in [-0.05, 0) is 37.6 Å². The Morgan fingerprint density at radius 3 is 2.58 bits per heavy atom. The van der Waals surface area contributed by atoms with Gasteiger partial charge in [0, 0.05) is 20.1 Å². The van der Waals surface area contributed by atoms with Crippen molar-refractivity contribution in [3.8, 4) is 0 Å².